The molecule has 2 amide bonds. The average Bonchev–Trinajstić information content (AvgIpc) is 2.96. The van der Waals surface area contributed by atoms with E-state index >= 15 is 0 Å². The predicted octanol–water partition coefficient (Wildman–Crippen LogP) is 3.42. The van der Waals surface area contributed by atoms with Gasteiger partial charge < -0.3 is 15.5 Å². The van der Waals surface area contributed by atoms with Crippen LogP contribution >= 0.6 is 0 Å². The Bertz CT molecular complexity index is 884. The fourth-order valence-electron chi connectivity index (χ4n) is 3.36. The predicted molar refractivity (Wildman–Crippen MR) is 109 cm³/mol. The van der Waals surface area contributed by atoms with Crippen molar-refractivity contribution in [2.75, 3.05) is 17.2 Å². The second-order valence-corrected chi connectivity index (χ2v) is 8.25. The Kier molecular flexibility index (Phi) is 5.36. The second-order valence-electron chi connectivity index (χ2n) is 8.25. The molecular weight excluding hydrogens is 354 g/mol. The molecule has 1 fully saturated rings. The minimum Gasteiger partial charge on any atom is -0.337 e. The van der Waals surface area contributed by atoms with Crippen LogP contribution in [0.4, 0.5) is 17.3 Å². The Hall–Kier alpha value is -2.96. The van der Waals surface area contributed by atoms with E-state index in [1.54, 1.807) is 4.90 Å². The molecule has 2 aromatic rings. The molecule has 1 aromatic heterocycles. The van der Waals surface area contributed by atoms with Gasteiger partial charge >= 0.3 is 0 Å². The number of aryl methyl sites for hydroxylation is 2. The number of nitrogens with one attached hydrogen (secondary N) is 2. The summed E-state index contributed by atoms with van der Waals surface area (Å²) in [7, 11) is 0. The van der Waals surface area contributed by atoms with E-state index in [9.17, 15) is 9.59 Å². The summed E-state index contributed by atoms with van der Waals surface area (Å²) in [6.45, 7) is 10.2. The molecule has 2 heterocycles. The maximum atomic E-state index is 12.7. The Balaban J connectivity index is 1.68. The lowest BCUT2D eigenvalue weighted by molar-refractivity contribution is -0.131. The number of nitrogens with zero attached hydrogens (tertiary/aromatic N) is 3. The summed E-state index contributed by atoms with van der Waals surface area (Å²) in [6, 6.07) is 9.30. The van der Waals surface area contributed by atoms with Crippen molar-refractivity contribution in [2.24, 2.45) is 5.92 Å². The van der Waals surface area contributed by atoms with Crippen LogP contribution in [0.15, 0.2) is 30.3 Å². The van der Waals surface area contributed by atoms with E-state index in [4.69, 9.17) is 0 Å². The highest BCUT2D eigenvalue weighted by Gasteiger charge is 2.39. The number of likely N-dealkylation sites (tertiary alicyclic amines) is 1. The molecule has 0 spiro atoms. The van der Waals surface area contributed by atoms with E-state index < -0.39 is 0 Å². The highest BCUT2D eigenvalue weighted by atomic mass is 16.2. The third-order valence-electron chi connectivity index (χ3n) is 4.67. The molecular formula is C21H27N5O2. The van der Waals surface area contributed by atoms with Crippen molar-refractivity contribution in [3.8, 4) is 0 Å². The zero-order valence-corrected chi connectivity index (χ0v) is 17.0. The van der Waals surface area contributed by atoms with Crippen LogP contribution in [0.5, 0.6) is 0 Å². The number of aromatic nitrogens is 2. The van der Waals surface area contributed by atoms with Crippen molar-refractivity contribution in [3.05, 3.63) is 41.7 Å². The van der Waals surface area contributed by atoms with Crippen LogP contribution in [0.25, 0.3) is 0 Å². The van der Waals surface area contributed by atoms with Crippen LogP contribution < -0.4 is 10.6 Å². The fraction of sp³-hybridized carbons (Fsp3) is 0.429. The van der Waals surface area contributed by atoms with E-state index in [0.29, 0.717) is 18.2 Å². The molecule has 1 aromatic carbocycles. The van der Waals surface area contributed by atoms with Gasteiger partial charge in [0.2, 0.25) is 17.8 Å². The Labute approximate surface area is 165 Å². The van der Waals surface area contributed by atoms with Gasteiger partial charge in [0, 0.05) is 41.3 Å². The van der Waals surface area contributed by atoms with Crippen molar-refractivity contribution in [1.82, 2.24) is 14.9 Å². The Morgan fingerprint density at radius 3 is 2.36 bits per heavy atom. The monoisotopic (exact) mass is 381 g/mol. The summed E-state index contributed by atoms with van der Waals surface area (Å²) < 4.78 is 0. The molecule has 1 atom stereocenters. The highest BCUT2D eigenvalue weighted by molar-refractivity contribution is 5.97. The van der Waals surface area contributed by atoms with Gasteiger partial charge in [-0.3, -0.25) is 9.59 Å². The van der Waals surface area contributed by atoms with Gasteiger partial charge in [-0.15, -0.1) is 0 Å². The lowest BCUT2D eigenvalue weighted by Gasteiger charge is -2.31. The van der Waals surface area contributed by atoms with E-state index in [0.717, 1.165) is 17.1 Å². The summed E-state index contributed by atoms with van der Waals surface area (Å²) in [4.78, 5) is 35.4. The molecule has 3 rings (SSSR count). The molecule has 0 aliphatic carbocycles. The number of hydrogen-bond donors (Lipinski definition) is 2. The number of rotatable bonds is 4. The molecule has 7 nitrogen and oxygen atoms in total. The van der Waals surface area contributed by atoms with Gasteiger partial charge in [-0.25, -0.2) is 9.97 Å². The maximum Gasteiger partial charge on any atom is 0.229 e. The number of amides is 2. The number of benzene rings is 1. The summed E-state index contributed by atoms with van der Waals surface area (Å²) in [5.74, 6) is 0.0595. The number of carbonyl (C=O) groups is 2. The van der Waals surface area contributed by atoms with E-state index in [-0.39, 0.29) is 29.7 Å². The van der Waals surface area contributed by atoms with Gasteiger partial charge in [0.25, 0.3) is 0 Å². The van der Waals surface area contributed by atoms with E-state index in [1.807, 2.05) is 65.0 Å². The highest BCUT2D eigenvalue weighted by Crippen LogP contribution is 2.27. The lowest BCUT2D eigenvalue weighted by atomic mass is 10.1. The summed E-state index contributed by atoms with van der Waals surface area (Å²) in [5.41, 5.74) is 2.94. The minimum atomic E-state index is -0.342. The number of hydrogen-bond acceptors (Lipinski definition) is 5. The van der Waals surface area contributed by atoms with Gasteiger partial charge in [-0.2, -0.15) is 0 Å². The van der Waals surface area contributed by atoms with Crippen LogP contribution in [-0.4, -0.2) is 38.8 Å². The van der Waals surface area contributed by atoms with Crippen molar-refractivity contribution in [2.45, 2.75) is 46.6 Å². The van der Waals surface area contributed by atoms with E-state index in [1.165, 1.54) is 0 Å². The quantitative estimate of drug-likeness (QED) is 0.847. The smallest absolute Gasteiger partial charge is 0.229 e. The molecule has 7 heteroatoms. The zero-order valence-electron chi connectivity index (χ0n) is 17.0. The molecule has 0 radical (unpaired) electrons. The zero-order chi connectivity index (χ0) is 20.5. The molecule has 1 aliphatic heterocycles. The van der Waals surface area contributed by atoms with Crippen molar-refractivity contribution < 1.29 is 9.59 Å². The van der Waals surface area contributed by atoms with Crippen molar-refractivity contribution >= 4 is 29.1 Å². The second kappa shape index (κ2) is 7.58. The molecule has 1 saturated heterocycles. The first kappa shape index (κ1) is 19.8. The van der Waals surface area contributed by atoms with Crippen molar-refractivity contribution in [1.29, 1.82) is 0 Å². The summed E-state index contributed by atoms with van der Waals surface area (Å²) >= 11 is 0. The van der Waals surface area contributed by atoms with Gasteiger partial charge in [0.15, 0.2) is 0 Å². The molecule has 148 valence electrons. The first-order valence-corrected chi connectivity index (χ1v) is 9.42. The summed E-state index contributed by atoms with van der Waals surface area (Å²) in [5, 5.41) is 6.09. The molecule has 28 heavy (non-hydrogen) atoms. The lowest BCUT2D eigenvalue weighted by Crippen LogP contribution is -2.42. The van der Waals surface area contributed by atoms with Crippen LogP contribution in [0.1, 0.15) is 38.6 Å². The van der Waals surface area contributed by atoms with Crippen LogP contribution in [-0.2, 0) is 9.59 Å². The number of anilines is 3. The Morgan fingerprint density at radius 2 is 1.75 bits per heavy atom. The van der Waals surface area contributed by atoms with Gasteiger partial charge in [-0.1, -0.05) is 6.07 Å². The van der Waals surface area contributed by atoms with E-state index in [2.05, 4.69) is 20.6 Å². The molecule has 0 bridgehead atoms. The van der Waals surface area contributed by atoms with Gasteiger partial charge in [0.05, 0.1) is 5.92 Å². The first-order chi connectivity index (χ1) is 13.1. The van der Waals surface area contributed by atoms with Gasteiger partial charge in [-0.05, 0) is 58.9 Å². The van der Waals surface area contributed by atoms with Crippen LogP contribution in [0, 0.1) is 19.8 Å². The summed E-state index contributed by atoms with van der Waals surface area (Å²) in [6.07, 6.45) is 0.247. The fourth-order valence-corrected chi connectivity index (χ4v) is 3.36. The topological polar surface area (TPSA) is 87.2 Å². The van der Waals surface area contributed by atoms with Gasteiger partial charge in [0.1, 0.15) is 0 Å². The maximum absolute atomic E-state index is 12.7. The average molecular weight is 381 g/mol. The Morgan fingerprint density at radius 1 is 1.11 bits per heavy atom. The molecule has 1 aliphatic rings. The molecule has 0 saturated carbocycles. The van der Waals surface area contributed by atoms with Crippen molar-refractivity contribution in [3.63, 3.8) is 0 Å². The first-order valence-electron chi connectivity index (χ1n) is 9.42. The standard InChI is InChI=1S/C21H27N5O2/c1-13-9-14(2)23-20(22-13)25-17-8-6-7-16(11-17)24-19(28)15-10-18(27)26(12-15)21(3,4)5/h6-9,11,15H,10,12H2,1-5H3,(H,24,28)(H,22,23,25). The number of carbonyl (C=O) groups excluding carboxylic acids is 2. The SMILES string of the molecule is Cc1cc(C)nc(Nc2cccc(NC(=O)C3CC(=O)N(C(C)(C)C)C3)c2)n1. The molecule has 2 N–H and O–H groups in total. The minimum absolute atomic E-state index is 0.0232. The third-order valence-corrected chi connectivity index (χ3v) is 4.67. The normalized spacial score (nSPS) is 17.0. The van der Waals surface area contributed by atoms with Crippen LogP contribution in [0.2, 0.25) is 0 Å². The third kappa shape index (κ3) is 4.65. The largest absolute Gasteiger partial charge is 0.337 e. The van der Waals surface area contributed by atoms with Crippen LogP contribution in [0.3, 0.4) is 0 Å². The molecule has 1 unspecified atom stereocenters.